The van der Waals surface area contributed by atoms with Crippen LogP contribution < -0.4 is 20.1 Å². The molecule has 4 aromatic rings. The van der Waals surface area contributed by atoms with Crippen molar-refractivity contribution in [2.45, 2.75) is 71.4 Å². The summed E-state index contributed by atoms with van der Waals surface area (Å²) in [4.78, 5) is 4.57. The highest BCUT2D eigenvalue weighted by atomic mass is 32.1. The topological polar surface area (TPSA) is 114 Å². The Labute approximate surface area is 296 Å². The fourth-order valence-electron chi connectivity index (χ4n) is 5.32. The monoisotopic (exact) mass is 725 g/mol. The van der Waals surface area contributed by atoms with Crippen LogP contribution in [0.5, 0.6) is 17.2 Å². The maximum Gasteiger partial charge on any atom is 0.420 e. The van der Waals surface area contributed by atoms with Gasteiger partial charge in [-0.25, -0.2) is 4.98 Å². The van der Waals surface area contributed by atoms with Crippen molar-refractivity contribution >= 4 is 42.1 Å². The van der Waals surface area contributed by atoms with Gasteiger partial charge in [-0.2, -0.15) is 18.4 Å². The Morgan fingerprint density at radius 2 is 1.86 bits per heavy atom. The van der Waals surface area contributed by atoms with E-state index in [1.54, 1.807) is 22.8 Å². The lowest BCUT2D eigenvalue weighted by Gasteiger charge is -2.18. The smallest absolute Gasteiger partial charge is 0.420 e. The number of nitrogens with zero attached hydrogens (tertiary/aromatic N) is 3. The molecule has 3 N–H and O–H groups in total. The van der Waals surface area contributed by atoms with Crippen molar-refractivity contribution in [3.8, 4) is 34.4 Å². The van der Waals surface area contributed by atoms with Crippen LogP contribution in [0.15, 0.2) is 54.9 Å². The van der Waals surface area contributed by atoms with E-state index in [9.17, 15) is 23.5 Å². The van der Waals surface area contributed by atoms with Gasteiger partial charge in [0, 0.05) is 50.3 Å². The van der Waals surface area contributed by atoms with E-state index in [0.717, 1.165) is 25.0 Å². The molecule has 5 rings (SSSR count). The van der Waals surface area contributed by atoms with Crippen LogP contribution in [-0.4, -0.2) is 53.7 Å². The lowest BCUT2D eigenvalue weighted by Crippen LogP contribution is -2.34. The number of aliphatic hydroxyl groups excluding tert-OH is 1. The zero-order valence-electron chi connectivity index (χ0n) is 28.8. The van der Waals surface area contributed by atoms with Gasteiger partial charge in [-0.3, -0.25) is 0 Å². The quantitative estimate of drug-likeness (QED) is 0.0669. The Balaban J connectivity index is 1.51. The fourth-order valence-corrected chi connectivity index (χ4v) is 6.27. The number of aromatic nitrogens is 2. The van der Waals surface area contributed by atoms with Gasteiger partial charge in [0.1, 0.15) is 41.3 Å². The third-order valence-electron chi connectivity index (χ3n) is 8.40. The van der Waals surface area contributed by atoms with Crippen molar-refractivity contribution in [2.24, 2.45) is 5.41 Å². The first kappa shape index (κ1) is 37.1. The summed E-state index contributed by atoms with van der Waals surface area (Å²) in [5.41, 5.74) is 0.900. The number of benzene rings is 2. The van der Waals surface area contributed by atoms with E-state index in [0.29, 0.717) is 46.6 Å². The van der Waals surface area contributed by atoms with Crippen LogP contribution in [0.1, 0.15) is 37.8 Å². The molecule has 266 valence electrons. The SMILES string of the molecule is CC(C)Oc1ccc(-c2cn(COCC[Si](C)(C)C)c3nccc(Oc4ccc(NC(=S)NCC5(CO)CC5)cc4C(F)(F)F)c23)cc1C#N. The molecule has 0 bridgehead atoms. The second kappa shape index (κ2) is 15.0. The number of nitrogens with one attached hydrogen (secondary N) is 2. The largest absolute Gasteiger partial charge is 0.490 e. The molecule has 0 amide bonds. The van der Waals surface area contributed by atoms with Gasteiger partial charge in [0.2, 0.25) is 0 Å². The van der Waals surface area contributed by atoms with Crippen molar-refractivity contribution in [3.05, 3.63) is 66.0 Å². The molecule has 1 aliphatic carbocycles. The molecule has 2 aromatic heterocycles. The number of fused-ring (bicyclic) bond motifs is 1. The number of hydrogen-bond acceptors (Lipinski definition) is 7. The Morgan fingerprint density at radius 3 is 2.50 bits per heavy atom. The minimum absolute atomic E-state index is 0.0171. The van der Waals surface area contributed by atoms with Gasteiger partial charge >= 0.3 is 6.18 Å². The highest BCUT2D eigenvalue weighted by molar-refractivity contribution is 7.80. The lowest BCUT2D eigenvalue weighted by atomic mass is 10.0. The van der Waals surface area contributed by atoms with Crippen LogP contribution in [0.3, 0.4) is 0 Å². The molecule has 0 spiro atoms. The molecule has 1 saturated carbocycles. The molecule has 0 unspecified atom stereocenters. The number of nitriles is 1. The lowest BCUT2D eigenvalue weighted by molar-refractivity contribution is -0.138. The number of alkyl halides is 3. The normalized spacial score (nSPS) is 14.0. The molecule has 0 atom stereocenters. The maximum absolute atomic E-state index is 14.5. The molecule has 9 nitrogen and oxygen atoms in total. The Kier molecular flexibility index (Phi) is 11.1. The zero-order chi connectivity index (χ0) is 36.3. The molecule has 50 heavy (non-hydrogen) atoms. The first-order chi connectivity index (χ1) is 23.6. The van der Waals surface area contributed by atoms with Crippen LogP contribution in [0.4, 0.5) is 18.9 Å². The molecule has 0 aliphatic heterocycles. The minimum Gasteiger partial charge on any atom is -0.490 e. The number of pyridine rings is 1. The Bertz CT molecular complexity index is 1900. The molecular weight excluding hydrogens is 684 g/mol. The number of ether oxygens (including phenoxy) is 3. The highest BCUT2D eigenvalue weighted by Crippen LogP contribution is 2.45. The third kappa shape index (κ3) is 9.14. The first-order valence-electron chi connectivity index (χ1n) is 16.4. The van der Waals surface area contributed by atoms with Crippen LogP contribution in [0, 0.1) is 16.7 Å². The van der Waals surface area contributed by atoms with Gasteiger partial charge in [-0.05, 0) is 86.9 Å². The molecule has 1 aliphatic rings. The van der Waals surface area contributed by atoms with E-state index >= 15 is 0 Å². The van der Waals surface area contributed by atoms with Gasteiger partial charge in [0.05, 0.1) is 23.7 Å². The zero-order valence-corrected chi connectivity index (χ0v) is 30.6. The van der Waals surface area contributed by atoms with Crippen LogP contribution in [0.2, 0.25) is 25.7 Å². The summed E-state index contributed by atoms with van der Waals surface area (Å²) in [5, 5.41) is 25.9. The fraction of sp³-hybridized carbons (Fsp3) is 0.417. The number of aliphatic hydroxyl groups is 1. The highest BCUT2D eigenvalue weighted by Gasteiger charge is 2.42. The summed E-state index contributed by atoms with van der Waals surface area (Å²) in [6.07, 6.45) is 0.110. The minimum atomic E-state index is -4.75. The van der Waals surface area contributed by atoms with Crippen molar-refractivity contribution < 1.29 is 32.5 Å². The molecule has 0 saturated heterocycles. The number of thiocarbonyl (C=S) groups is 1. The molecular formula is C36H42F3N5O4SSi. The van der Waals surface area contributed by atoms with E-state index in [4.69, 9.17) is 26.4 Å². The maximum atomic E-state index is 14.5. The molecule has 0 radical (unpaired) electrons. The average Bonchev–Trinajstić information content (AvgIpc) is 3.74. The first-order valence-corrected chi connectivity index (χ1v) is 20.5. The van der Waals surface area contributed by atoms with Gasteiger partial charge < -0.3 is 34.5 Å². The summed E-state index contributed by atoms with van der Waals surface area (Å²) in [5.74, 6) is 0.169. The molecule has 2 heterocycles. The predicted octanol–water partition coefficient (Wildman–Crippen LogP) is 8.54. The molecule has 1 fully saturated rings. The Morgan fingerprint density at radius 1 is 1.12 bits per heavy atom. The predicted molar refractivity (Wildman–Crippen MR) is 194 cm³/mol. The van der Waals surface area contributed by atoms with E-state index in [-0.39, 0.29) is 41.4 Å². The summed E-state index contributed by atoms with van der Waals surface area (Å²) in [7, 11) is -1.35. The number of rotatable bonds is 14. The van der Waals surface area contributed by atoms with Crippen LogP contribution in [-0.2, 0) is 17.6 Å². The van der Waals surface area contributed by atoms with E-state index in [2.05, 4.69) is 41.3 Å². The van der Waals surface area contributed by atoms with E-state index in [1.165, 1.54) is 24.4 Å². The van der Waals surface area contributed by atoms with Crippen molar-refractivity contribution in [2.75, 3.05) is 25.1 Å². The standard InChI is InChI=1S/C36H42F3N5O4SSi/c1-23(2)47-29-8-6-24(16-25(29)18-40)27-19-44(22-46-14-15-50(3,4)5)33-32(27)31(10-13-41-33)48-30-9-7-26(17-28(30)36(37,38)39)43-34(49)42-20-35(21-45)11-12-35/h6-10,13,16-17,19,23,45H,11-12,14-15,20-22H2,1-5H3,(H2,42,43,49). The van der Waals surface area contributed by atoms with Crippen molar-refractivity contribution in [1.29, 1.82) is 5.26 Å². The van der Waals surface area contributed by atoms with Gasteiger partial charge in [-0.15, -0.1) is 0 Å². The third-order valence-corrected chi connectivity index (χ3v) is 10.3. The summed E-state index contributed by atoms with van der Waals surface area (Å²) in [6, 6.07) is 13.5. The van der Waals surface area contributed by atoms with Crippen molar-refractivity contribution in [1.82, 2.24) is 14.9 Å². The molecule has 14 heteroatoms. The second-order valence-corrected chi connectivity index (χ2v) is 20.2. The summed E-state index contributed by atoms with van der Waals surface area (Å²) >= 11 is 5.31. The van der Waals surface area contributed by atoms with E-state index < -0.39 is 25.6 Å². The average molecular weight is 726 g/mol. The van der Waals surface area contributed by atoms with Crippen LogP contribution >= 0.6 is 12.2 Å². The van der Waals surface area contributed by atoms with Gasteiger partial charge in [-0.1, -0.05) is 25.7 Å². The summed E-state index contributed by atoms with van der Waals surface area (Å²) < 4.78 is 63.2. The number of anilines is 1. The number of hydrogen-bond donors (Lipinski definition) is 3. The van der Waals surface area contributed by atoms with Gasteiger partial charge in [0.15, 0.2) is 5.11 Å². The number of halogens is 3. The summed E-state index contributed by atoms with van der Waals surface area (Å²) in [6.45, 7) is 11.7. The van der Waals surface area contributed by atoms with Crippen LogP contribution in [0.25, 0.3) is 22.2 Å². The van der Waals surface area contributed by atoms with Crippen molar-refractivity contribution in [3.63, 3.8) is 0 Å². The Hall–Kier alpha value is -4.16. The second-order valence-electron chi connectivity index (χ2n) is 14.1. The van der Waals surface area contributed by atoms with E-state index in [1.807, 2.05) is 20.0 Å². The van der Waals surface area contributed by atoms with Gasteiger partial charge in [0.25, 0.3) is 0 Å². The molecule has 2 aromatic carbocycles.